The molecular weight excluding hydrogens is 224 g/mol. The van der Waals surface area contributed by atoms with Crippen molar-refractivity contribution in [1.82, 2.24) is 4.90 Å². The van der Waals surface area contributed by atoms with E-state index in [0.29, 0.717) is 16.6 Å². The minimum absolute atomic E-state index is 0.0764. The van der Waals surface area contributed by atoms with E-state index in [2.05, 4.69) is 4.99 Å². The number of amides is 1. The first-order valence-corrected chi connectivity index (χ1v) is 5.26. The maximum absolute atomic E-state index is 11.7. The van der Waals surface area contributed by atoms with Gasteiger partial charge in [0.2, 0.25) is 0 Å². The highest BCUT2D eigenvalue weighted by atomic mass is 35.5. The molecule has 2 rings (SSSR count). The second kappa shape index (κ2) is 4.10. The standard InChI is InChI=1S/C12H11ClN2O/c1-8-14-11(12(16)15(8)2)7-9-3-5-10(13)6-4-9/h3-7H,1-2H3/b11-7-. The number of hydrogen-bond acceptors (Lipinski definition) is 2. The van der Waals surface area contributed by atoms with Crippen molar-refractivity contribution in [1.29, 1.82) is 0 Å². The number of nitrogens with zero attached hydrogens (tertiary/aromatic N) is 2. The van der Waals surface area contributed by atoms with Crippen LogP contribution in [0.2, 0.25) is 5.02 Å². The van der Waals surface area contributed by atoms with Gasteiger partial charge in [-0.15, -0.1) is 0 Å². The average molecular weight is 235 g/mol. The molecule has 1 aliphatic heterocycles. The molecule has 1 amide bonds. The predicted molar refractivity (Wildman–Crippen MR) is 65.3 cm³/mol. The number of rotatable bonds is 1. The van der Waals surface area contributed by atoms with Crippen LogP contribution in [0.3, 0.4) is 0 Å². The molecule has 1 aromatic rings. The SMILES string of the molecule is CC1=N/C(=C\c2ccc(Cl)cc2)C(=O)N1C. The summed E-state index contributed by atoms with van der Waals surface area (Å²) in [7, 11) is 1.71. The van der Waals surface area contributed by atoms with Gasteiger partial charge in [-0.05, 0) is 30.7 Å². The number of likely N-dealkylation sites (N-methyl/N-ethyl adjacent to an activating group) is 1. The topological polar surface area (TPSA) is 32.7 Å². The van der Waals surface area contributed by atoms with E-state index in [1.165, 1.54) is 4.90 Å². The van der Waals surface area contributed by atoms with Crippen LogP contribution in [0.4, 0.5) is 0 Å². The Balaban J connectivity index is 2.32. The van der Waals surface area contributed by atoms with Crippen LogP contribution in [0, 0.1) is 0 Å². The Morgan fingerprint density at radius 1 is 1.31 bits per heavy atom. The van der Waals surface area contributed by atoms with E-state index in [9.17, 15) is 4.79 Å². The molecule has 0 saturated carbocycles. The van der Waals surface area contributed by atoms with Crippen LogP contribution in [-0.2, 0) is 4.79 Å². The molecule has 0 saturated heterocycles. The Labute approximate surface area is 99.0 Å². The lowest BCUT2D eigenvalue weighted by Crippen LogP contribution is -2.25. The normalized spacial score (nSPS) is 18.2. The maximum atomic E-state index is 11.7. The number of hydrogen-bond donors (Lipinski definition) is 0. The van der Waals surface area contributed by atoms with E-state index in [1.807, 2.05) is 12.1 Å². The van der Waals surface area contributed by atoms with Gasteiger partial charge < -0.3 is 0 Å². The van der Waals surface area contributed by atoms with Crippen LogP contribution < -0.4 is 0 Å². The molecule has 0 radical (unpaired) electrons. The Kier molecular flexibility index (Phi) is 2.79. The third kappa shape index (κ3) is 1.99. The number of carbonyl (C=O) groups is 1. The molecule has 4 heteroatoms. The van der Waals surface area contributed by atoms with Crippen molar-refractivity contribution in [3.63, 3.8) is 0 Å². The summed E-state index contributed by atoms with van der Waals surface area (Å²) in [5.74, 6) is 0.637. The third-order valence-corrected chi connectivity index (χ3v) is 2.72. The fourth-order valence-electron chi connectivity index (χ4n) is 1.43. The largest absolute Gasteiger partial charge is 0.298 e. The van der Waals surface area contributed by atoms with Gasteiger partial charge in [0.05, 0.1) is 0 Å². The summed E-state index contributed by atoms with van der Waals surface area (Å²) >= 11 is 5.78. The van der Waals surface area contributed by atoms with Crippen molar-refractivity contribution in [2.45, 2.75) is 6.92 Å². The minimum Gasteiger partial charge on any atom is -0.298 e. The lowest BCUT2D eigenvalue weighted by molar-refractivity contribution is -0.121. The molecule has 0 spiro atoms. The van der Waals surface area contributed by atoms with Crippen molar-refractivity contribution < 1.29 is 4.79 Å². The molecule has 82 valence electrons. The van der Waals surface area contributed by atoms with Crippen molar-refractivity contribution >= 4 is 29.4 Å². The van der Waals surface area contributed by atoms with E-state index < -0.39 is 0 Å². The van der Waals surface area contributed by atoms with Gasteiger partial charge in [-0.25, -0.2) is 4.99 Å². The van der Waals surface area contributed by atoms with Crippen LogP contribution >= 0.6 is 11.6 Å². The van der Waals surface area contributed by atoms with Crippen molar-refractivity contribution in [2.24, 2.45) is 4.99 Å². The summed E-state index contributed by atoms with van der Waals surface area (Å²) in [5, 5.41) is 0.677. The van der Waals surface area contributed by atoms with Gasteiger partial charge in [-0.1, -0.05) is 23.7 Å². The Morgan fingerprint density at radius 3 is 2.44 bits per heavy atom. The maximum Gasteiger partial charge on any atom is 0.277 e. The van der Waals surface area contributed by atoms with Gasteiger partial charge in [-0.2, -0.15) is 0 Å². The van der Waals surface area contributed by atoms with E-state index in [-0.39, 0.29) is 5.91 Å². The van der Waals surface area contributed by atoms with E-state index >= 15 is 0 Å². The zero-order valence-corrected chi connectivity index (χ0v) is 9.82. The Morgan fingerprint density at radius 2 is 1.94 bits per heavy atom. The van der Waals surface area contributed by atoms with Gasteiger partial charge in [0.15, 0.2) is 0 Å². The van der Waals surface area contributed by atoms with Crippen LogP contribution in [0.25, 0.3) is 6.08 Å². The summed E-state index contributed by atoms with van der Waals surface area (Å²) in [4.78, 5) is 17.4. The summed E-state index contributed by atoms with van der Waals surface area (Å²) in [6, 6.07) is 7.28. The summed E-state index contributed by atoms with van der Waals surface area (Å²) in [6.45, 7) is 1.81. The molecule has 0 fully saturated rings. The number of aliphatic imine (C=N–C) groups is 1. The average Bonchev–Trinajstić information content (AvgIpc) is 2.50. The lowest BCUT2D eigenvalue weighted by atomic mass is 10.2. The molecule has 1 aliphatic rings. The lowest BCUT2D eigenvalue weighted by Gasteiger charge is -2.05. The predicted octanol–water partition coefficient (Wildman–Crippen LogP) is 2.57. The van der Waals surface area contributed by atoms with Gasteiger partial charge in [0.25, 0.3) is 5.91 Å². The highest BCUT2D eigenvalue weighted by Crippen LogP contribution is 2.18. The van der Waals surface area contributed by atoms with Crippen LogP contribution in [0.5, 0.6) is 0 Å². The fourth-order valence-corrected chi connectivity index (χ4v) is 1.55. The van der Waals surface area contributed by atoms with Crippen LogP contribution in [0.1, 0.15) is 12.5 Å². The Hall–Kier alpha value is -1.61. The Bertz CT molecular complexity index is 488. The van der Waals surface area contributed by atoms with Crippen LogP contribution in [-0.4, -0.2) is 23.7 Å². The van der Waals surface area contributed by atoms with E-state index in [0.717, 1.165) is 5.56 Å². The highest BCUT2D eigenvalue weighted by Gasteiger charge is 2.23. The van der Waals surface area contributed by atoms with E-state index in [4.69, 9.17) is 11.6 Å². The molecule has 0 aromatic heterocycles. The van der Waals surface area contributed by atoms with Crippen LogP contribution in [0.15, 0.2) is 35.0 Å². The van der Waals surface area contributed by atoms with Gasteiger partial charge in [0, 0.05) is 12.1 Å². The quantitative estimate of drug-likeness (QED) is 0.688. The smallest absolute Gasteiger partial charge is 0.277 e. The zero-order chi connectivity index (χ0) is 11.7. The summed E-state index contributed by atoms with van der Waals surface area (Å²) < 4.78 is 0. The molecular formula is C12H11ClN2O. The summed E-state index contributed by atoms with van der Waals surface area (Å²) in [6.07, 6.45) is 1.76. The number of halogens is 1. The monoisotopic (exact) mass is 234 g/mol. The van der Waals surface area contributed by atoms with Gasteiger partial charge in [0.1, 0.15) is 11.5 Å². The fraction of sp³-hybridized carbons (Fsp3) is 0.167. The first-order chi connectivity index (χ1) is 7.58. The molecule has 0 atom stereocenters. The molecule has 1 aromatic carbocycles. The van der Waals surface area contributed by atoms with Crippen molar-refractivity contribution in [3.05, 3.63) is 40.5 Å². The molecule has 0 bridgehead atoms. The molecule has 1 heterocycles. The second-order valence-electron chi connectivity index (χ2n) is 3.60. The third-order valence-electron chi connectivity index (χ3n) is 2.46. The first-order valence-electron chi connectivity index (χ1n) is 4.88. The van der Waals surface area contributed by atoms with E-state index in [1.54, 1.807) is 32.2 Å². The van der Waals surface area contributed by atoms with Gasteiger partial charge in [-0.3, -0.25) is 9.69 Å². The molecule has 0 unspecified atom stereocenters. The van der Waals surface area contributed by atoms with Crippen molar-refractivity contribution in [3.8, 4) is 0 Å². The number of amidine groups is 1. The first kappa shape index (κ1) is 10.9. The molecule has 0 N–H and O–H groups in total. The highest BCUT2D eigenvalue weighted by molar-refractivity contribution is 6.30. The summed E-state index contributed by atoms with van der Waals surface area (Å²) in [5.41, 5.74) is 1.38. The van der Waals surface area contributed by atoms with Crippen molar-refractivity contribution in [2.75, 3.05) is 7.05 Å². The second-order valence-corrected chi connectivity index (χ2v) is 4.04. The number of benzene rings is 1. The minimum atomic E-state index is -0.0764. The molecule has 0 aliphatic carbocycles. The van der Waals surface area contributed by atoms with Gasteiger partial charge >= 0.3 is 0 Å². The molecule has 3 nitrogen and oxygen atoms in total. The number of carbonyl (C=O) groups excluding carboxylic acids is 1. The zero-order valence-electron chi connectivity index (χ0n) is 9.07. The molecule has 16 heavy (non-hydrogen) atoms.